The lowest BCUT2D eigenvalue weighted by Gasteiger charge is -2.19. The largest absolute Gasteiger partial charge is 0.488 e. The maximum Gasteiger partial charge on any atom is 0.401 e. The van der Waals surface area contributed by atoms with Crippen molar-refractivity contribution in [2.75, 3.05) is 45.9 Å². The molecule has 0 spiro atoms. The molecule has 2 aliphatic heterocycles. The number of halogens is 3. The lowest BCUT2D eigenvalue weighted by Crippen LogP contribution is -2.40. The average molecular weight is 443 g/mol. The predicted octanol–water partition coefficient (Wildman–Crippen LogP) is 3.10. The van der Waals surface area contributed by atoms with E-state index in [0.717, 1.165) is 36.3 Å². The first-order chi connectivity index (χ1) is 14.8. The van der Waals surface area contributed by atoms with Gasteiger partial charge in [0.05, 0.1) is 26.3 Å². The Morgan fingerprint density at radius 1 is 1.29 bits per heavy atom. The van der Waals surface area contributed by atoms with Crippen molar-refractivity contribution in [2.24, 2.45) is 10.9 Å². The molecule has 0 radical (unpaired) electrons. The van der Waals surface area contributed by atoms with Gasteiger partial charge in [-0.25, -0.2) is 4.99 Å². The molecule has 0 saturated carbocycles. The van der Waals surface area contributed by atoms with Crippen LogP contribution in [-0.2, 0) is 11.3 Å². The van der Waals surface area contributed by atoms with Crippen LogP contribution in [0.25, 0.3) is 0 Å². The topological polar surface area (TPSA) is 58.1 Å². The summed E-state index contributed by atoms with van der Waals surface area (Å²) in [6.07, 6.45) is -2.44. The third kappa shape index (κ3) is 7.88. The van der Waals surface area contributed by atoms with Crippen LogP contribution in [0.3, 0.4) is 0 Å². The van der Waals surface area contributed by atoms with Gasteiger partial charge in [0.2, 0.25) is 0 Å². The Bertz CT molecular complexity index is 736. The number of aryl methyl sites for hydroxylation is 1. The van der Waals surface area contributed by atoms with Crippen molar-refractivity contribution in [2.45, 2.75) is 45.5 Å². The monoisotopic (exact) mass is 442 g/mol. The molecule has 2 atom stereocenters. The Morgan fingerprint density at radius 2 is 2.13 bits per heavy atom. The molecule has 2 fully saturated rings. The second-order valence-corrected chi connectivity index (χ2v) is 8.30. The minimum Gasteiger partial charge on any atom is -0.488 e. The number of aliphatic imine (C=N–C) groups is 1. The van der Waals surface area contributed by atoms with Crippen LogP contribution in [-0.4, -0.2) is 69.1 Å². The van der Waals surface area contributed by atoms with Crippen molar-refractivity contribution in [1.29, 1.82) is 0 Å². The van der Waals surface area contributed by atoms with Gasteiger partial charge in [-0.05, 0) is 44.4 Å². The number of nitrogens with one attached hydrogen (secondary N) is 2. The zero-order valence-corrected chi connectivity index (χ0v) is 18.3. The molecule has 2 heterocycles. The summed E-state index contributed by atoms with van der Waals surface area (Å²) in [6, 6.07) is 6.09. The summed E-state index contributed by atoms with van der Waals surface area (Å²) >= 11 is 0. The van der Waals surface area contributed by atoms with Crippen molar-refractivity contribution >= 4 is 5.96 Å². The van der Waals surface area contributed by atoms with E-state index in [1.54, 1.807) is 0 Å². The van der Waals surface area contributed by atoms with Gasteiger partial charge >= 0.3 is 6.18 Å². The summed E-state index contributed by atoms with van der Waals surface area (Å²) in [5.74, 6) is 1.66. The van der Waals surface area contributed by atoms with Crippen LogP contribution in [0, 0.1) is 12.8 Å². The van der Waals surface area contributed by atoms with Crippen LogP contribution in [0.4, 0.5) is 13.2 Å². The van der Waals surface area contributed by atoms with Crippen molar-refractivity contribution in [3.8, 4) is 5.75 Å². The number of ether oxygens (including phenoxy) is 2. The average Bonchev–Trinajstić information content (AvgIpc) is 3.36. The second kappa shape index (κ2) is 11.0. The molecule has 0 aromatic heterocycles. The van der Waals surface area contributed by atoms with Crippen LogP contribution >= 0.6 is 0 Å². The van der Waals surface area contributed by atoms with Gasteiger partial charge in [-0.1, -0.05) is 12.1 Å². The number of rotatable bonds is 8. The molecule has 31 heavy (non-hydrogen) atoms. The molecule has 6 nitrogen and oxygen atoms in total. The summed E-state index contributed by atoms with van der Waals surface area (Å²) in [7, 11) is 0. The number of hydrogen-bond donors (Lipinski definition) is 2. The minimum atomic E-state index is -4.14. The fourth-order valence-corrected chi connectivity index (χ4v) is 3.91. The van der Waals surface area contributed by atoms with E-state index in [2.05, 4.69) is 15.6 Å². The SMILES string of the molecule is CCNC(=NCc1ccc(C)cc1OC1CCOC1)NCC1CCN(CC(F)(F)F)C1. The molecule has 0 aliphatic carbocycles. The van der Waals surface area contributed by atoms with Gasteiger partial charge < -0.3 is 20.1 Å². The number of benzene rings is 1. The van der Waals surface area contributed by atoms with Crippen LogP contribution in [0.2, 0.25) is 0 Å². The van der Waals surface area contributed by atoms with Crippen LogP contribution < -0.4 is 15.4 Å². The van der Waals surface area contributed by atoms with Crippen LogP contribution in [0.5, 0.6) is 5.75 Å². The van der Waals surface area contributed by atoms with E-state index >= 15 is 0 Å². The summed E-state index contributed by atoms with van der Waals surface area (Å²) in [4.78, 5) is 6.15. The number of alkyl halides is 3. The number of likely N-dealkylation sites (tertiary alicyclic amines) is 1. The number of nitrogens with zero attached hydrogens (tertiary/aromatic N) is 2. The summed E-state index contributed by atoms with van der Waals surface area (Å²) in [6.45, 7) is 7.18. The summed E-state index contributed by atoms with van der Waals surface area (Å²) in [5, 5.41) is 6.51. The molecule has 0 amide bonds. The van der Waals surface area contributed by atoms with Crippen molar-refractivity contribution < 1.29 is 22.6 Å². The molecule has 2 N–H and O–H groups in total. The highest BCUT2D eigenvalue weighted by Crippen LogP contribution is 2.25. The van der Waals surface area contributed by atoms with Gasteiger partial charge in [0.1, 0.15) is 11.9 Å². The molecule has 3 rings (SSSR count). The van der Waals surface area contributed by atoms with E-state index in [1.165, 1.54) is 4.90 Å². The standard InChI is InChI=1S/C22H33F3N4O2/c1-3-26-21(27-11-17-6-8-29(13-17)15-22(23,24)25)28-12-18-5-4-16(2)10-20(18)31-19-7-9-30-14-19/h4-5,10,17,19H,3,6-9,11-15H2,1-2H3,(H2,26,27,28). The molecule has 2 unspecified atom stereocenters. The minimum absolute atomic E-state index is 0.0675. The smallest absolute Gasteiger partial charge is 0.401 e. The highest BCUT2D eigenvalue weighted by atomic mass is 19.4. The Labute approximate surface area is 182 Å². The molecule has 174 valence electrons. The third-order valence-electron chi connectivity index (χ3n) is 5.49. The van der Waals surface area contributed by atoms with E-state index in [1.807, 2.05) is 32.0 Å². The maximum absolute atomic E-state index is 12.6. The van der Waals surface area contributed by atoms with Gasteiger partial charge in [0.15, 0.2) is 5.96 Å². The normalized spacial score (nSPS) is 22.7. The Morgan fingerprint density at radius 3 is 2.84 bits per heavy atom. The van der Waals surface area contributed by atoms with Crippen molar-refractivity contribution in [1.82, 2.24) is 15.5 Å². The number of guanidine groups is 1. The fourth-order valence-electron chi connectivity index (χ4n) is 3.91. The summed E-state index contributed by atoms with van der Waals surface area (Å²) in [5.41, 5.74) is 2.11. The lowest BCUT2D eigenvalue weighted by atomic mass is 10.1. The van der Waals surface area contributed by atoms with E-state index < -0.39 is 12.7 Å². The van der Waals surface area contributed by atoms with Crippen LogP contribution in [0.15, 0.2) is 23.2 Å². The first-order valence-corrected chi connectivity index (χ1v) is 11.0. The third-order valence-corrected chi connectivity index (χ3v) is 5.49. The molecule has 9 heteroatoms. The fraction of sp³-hybridized carbons (Fsp3) is 0.682. The Hall–Kier alpha value is -2.00. The maximum atomic E-state index is 12.6. The second-order valence-electron chi connectivity index (χ2n) is 8.30. The van der Waals surface area contributed by atoms with Crippen molar-refractivity contribution in [3.05, 3.63) is 29.3 Å². The molecule has 0 bridgehead atoms. The first-order valence-electron chi connectivity index (χ1n) is 11.0. The van der Waals surface area contributed by atoms with Crippen LogP contribution in [0.1, 0.15) is 30.9 Å². The van der Waals surface area contributed by atoms with Crippen molar-refractivity contribution in [3.63, 3.8) is 0 Å². The predicted molar refractivity (Wildman–Crippen MR) is 114 cm³/mol. The number of hydrogen-bond acceptors (Lipinski definition) is 4. The molecule has 2 aliphatic rings. The zero-order chi connectivity index (χ0) is 22.3. The van der Waals surface area contributed by atoms with E-state index in [9.17, 15) is 13.2 Å². The highest BCUT2D eigenvalue weighted by molar-refractivity contribution is 5.79. The first kappa shape index (κ1) is 23.7. The van der Waals surface area contributed by atoms with Gasteiger partial charge in [0, 0.05) is 31.6 Å². The van der Waals surface area contributed by atoms with Gasteiger partial charge in [-0.3, -0.25) is 4.90 Å². The molecule has 1 aromatic carbocycles. The molecular formula is C22H33F3N4O2. The highest BCUT2D eigenvalue weighted by Gasteiger charge is 2.34. The van der Waals surface area contributed by atoms with Gasteiger partial charge in [-0.2, -0.15) is 13.2 Å². The molecule has 2 saturated heterocycles. The quantitative estimate of drug-likeness (QED) is 0.479. The molecule has 1 aromatic rings. The van der Waals surface area contributed by atoms with E-state index in [0.29, 0.717) is 45.3 Å². The van der Waals surface area contributed by atoms with E-state index in [-0.39, 0.29) is 12.0 Å². The molecular weight excluding hydrogens is 409 g/mol. The van der Waals surface area contributed by atoms with E-state index in [4.69, 9.17) is 9.47 Å². The summed E-state index contributed by atoms with van der Waals surface area (Å²) < 4.78 is 49.3. The van der Waals surface area contributed by atoms with Gasteiger partial charge in [-0.15, -0.1) is 0 Å². The Kier molecular flexibility index (Phi) is 8.43. The lowest BCUT2D eigenvalue weighted by molar-refractivity contribution is -0.143. The Balaban J connectivity index is 1.56. The van der Waals surface area contributed by atoms with Gasteiger partial charge in [0.25, 0.3) is 0 Å². The zero-order valence-electron chi connectivity index (χ0n) is 18.3.